The topological polar surface area (TPSA) is 57.4 Å². The molecule has 0 atom stereocenters. The minimum atomic E-state index is 0.365. The molecule has 0 saturated carbocycles. The van der Waals surface area contributed by atoms with Gasteiger partial charge in [0.05, 0.1) is 12.1 Å². The van der Waals surface area contributed by atoms with Gasteiger partial charge in [0, 0.05) is 30.2 Å². The fraction of sp³-hybridized carbons (Fsp3) is 0.375. The van der Waals surface area contributed by atoms with Gasteiger partial charge in [-0.1, -0.05) is 30.4 Å². The molecule has 1 saturated heterocycles. The number of pyridine rings is 1. The van der Waals surface area contributed by atoms with Crippen LogP contribution in [0.2, 0.25) is 0 Å². The lowest BCUT2D eigenvalue weighted by Gasteiger charge is -2.22. The molecule has 1 aliphatic rings. The van der Waals surface area contributed by atoms with Gasteiger partial charge in [0.1, 0.15) is 4.99 Å². The molecule has 0 bridgehead atoms. The second-order valence-corrected chi connectivity index (χ2v) is 5.70. The molecule has 0 aliphatic carbocycles. The molecular formula is C16H18N2O2S. The molecule has 4 nitrogen and oxygen atoms in total. The summed E-state index contributed by atoms with van der Waals surface area (Å²) in [6.07, 6.45) is 2.07. The first-order valence-electron chi connectivity index (χ1n) is 7.14. The van der Waals surface area contributed by atoms with E-state index in [1.54, 1.807) is 0 Å². The molecule has 2 aromatic rings. The van der Waals surface area contributed by atoms with Crippen LogP contribution in [0, 0.1) is 5.92 Å². The largest absolute Gasteiger partial charge is 0.477 e. The number of ether oxygens (including phenoxy) is 2. The standard InChI is InChI=1S/C16H18N2O2S/c17-16(21)13-9-15(18-14-4-2-1-3-12(13)14)20-10-11-5-7-19-8-6-11/h1-4,9,11H,5-8,10H2,(H2,17,21). The highest BCUT2D eigenvalue weighted by Crippen LogP contribution is 2.23. The van der Waals surface area contributed by atoms with Crippen molar-refractivity contribution in [3.05, 3.63) is 35.9 Å². The summed E-state index contributed by atoms with van der Waals surface area (Å²) >= 11 is 5.14. The summed E-state index contributed by atoms with van der Waals surface area (Å²) in [5.41, 5.74) is 7.49. The third-order valence-electron chi connectivity index (χ3n) is 3.77. The number of hydrogen-bond donors (Lipinski definition) is 1. The van der Waals surface area contributed by atoms with Crippen LogP contribution in [0.1, 0.15) is 18.4 Å². The predicted molar refractivity (Wildman–Crippen MR) is 86.7 cm³/mol. The van der Waals surface area contributed by atoms with Gasteiger partial charge >= 0.3 is 0 Å². The zero-order valence-electron chi connectivity index (χ0n) is 11.7. The van der Waals surface area contributed by atoms with E-state index in [-0.39, 0.29) is 0 Å². The first-order valence-corrected chi connectivity index (χ1v) is 7.55. The maximum absolute atomic E-state index is 5.86. The lowest BCUT2D eigenvalue weighted by molar-refractivity contribution is 0.0491. The molecule has 0 unspecified atom stereocenters. The van der Waals surface area contributed by atoms with Gasteiger partial charge < -0.3 is 15.2 Å². The summed E-state index contributed by atoms with van der Waals surface area (Å²) in [5, 5.41) is 0.961. The Bertz CT molecular complexity index is 654. The minimum absolute atomic E-state index is 0.365. The zero-order chi connectivity index (χ0) is 14.7. The summed E-state index contributed by atoms with van der Waals surface area (Å²) in [4.78, 5) is 4.90. The molecule has 1 aromatic carbocycles. The third-order valence-corrected chi connectivity index (χ3v) is 3.99. The number of thiocarbonyl (C=S) groups is 1. The van der Waals surface area contributed by atoms with Crippen LogP contribution in [-0.4, -0.2) is 29.8 Å². The highest BCUT2D eigenvalue weighted by Gasteiger charge is 2.15. The van der Waals surface area contributed by atoms with Crippen molar-refractivity contribution < 1.29 is 9.47 Å². The van der Waals surface area contributed by atoms with E-state index in [1.165, 1.54) is 0 Å². The number of fused-ring (bicyclic) bond motifs is 1. The van der Waals surface area contributed by atoms with Crippen molar-refractivity contribution in [3.8, 4) is 5.88 Å². The van der Waals surface area contributed by atoms with Crippen molar-refractivity contribution in [2.75, 3.05) is 19.8 Å². The van der Waals surface area contributed by atoms with Crippen LogP contribution in [0.3, 0.4) is 0 Å². The number of hydrogen-bond acceptors (Lipinski definition) is 4. The summed E-state index contributed by atoms with van der Waals surface area (Å²) in [6.45, 7) is 2.29. The Balaban J connectivity index is 1.83. The Morgan fingerprint density at radius 2 is 2.10 bits per heavy atom. The van der Waals surface area contributed by atoms with Crippen molar-refractivity contribution in [2.24, 2.45) is 11.7 Å². The number of aromatic nitrogens is 1. The number of nitrogens with two attached hydrogens (primary N) is 1. The van der Waals surface area contributed by atoms with Gasteiger partial charge in [0.25, 0.3) is 0 Å². The van der Waals surface area contributed by atoms with Crippen LogP contribution in [-0.2, 0) is 4.74 Å². The zero-order valence-corrected chi connectivity index (χ0v) is 12.6. The molecule has 21 heavy (non-hydrogen) atoms. The Morgan fingerprint density at radius 3 is 2.86 bits per heavy atom. The van der Waals surface area contributed by atoms with Crippen LogP contribution in [0.15, 0.2) is 30.3 Å². The summed E-state index contributed by atoms with van der Waals surface area (Å²) in [5.74, 6) is 1.11. The number of benzene rings is 1. The average Bonchev–Trinajstić information content (AvgIpc) is 2.53. The van der Waals surface area contributed by atoms with Crippen LogP contribution >= 0.6 is 12.2 Å². The normalized spacial score (nSPS) is 16.0. The molecule has 2 N–H and O–H groups in total. The van der Waals surface area contributed by atoms with E-state index in [0.29, 0.717) is 23.4 Å². The molecule has 1 fully saturated rings. The number of para-hydroxylation sites is 1. The molecule has 5 heteroatoms. The average molecular weight is 302 g/mol. The van der Waals surface area contributed by atoms with Crippen molar-refractivity contribution in [2.45, 2.75) is 12.8 Å². The van der Waals surface area contributed by atoms with Gasteiger partial charge in [0.15, 0.2) is 0 Å². The summed E-state index contributed by atoms with van der Waals surface area (Å²) in [6, 6.07) is 9.65. The van der Waals surface area contributed by atoms with Gasteiger partial charge in [-0.25, -0.2) is 4.98 Å². The van der Waals surface area contributed by atoms with Gasteiger partial charge in [-0.2, -0.15) is 0 Å². The Morgan fingerprint density at radius 1 is 1.33 bits per heavy atom. The van der Waals surface area contributed by atoms with E-state index in [9.17, 15) is 0 Å². The Kier molecular flexibility index (Phi) is 4.31. The van der Waals surface area contributed by atoms with Gasteiger partial charge in [0.2, 0.25) is 5.88 Å². The van der Waals surface area contributed by atoms with Crippen LogP contribution in [0.25, 0.3) is 10.9 Å². The van der Waals surface area contributed by atoms with Crippen LogP contribution < -0.4 is 10.5 Å². The third kappa shape index (κ3) is 3.31. The smallest absolute Gasteiger partial charge is 0.214 e. The van der Waals surface area contributed by atoms with Gasteiger partial charge in [-0.05, 0) is 24.8 Å². The molecule has 0 spiro atoms. The van der Waals surface area contributed by atoms with Crippen molar-refractivity contribution in [3.63, 3.8) is 0 Å². The fourth-order valence-electron chi connectivity index (χ4n) is 2.55. The molecule has 1 aromatic heterocycles. The minimum Gasteiger partial charge on any atom is -0.477 e. The maximum atomic E-state index is 5.86. The second-order valence-electron chi connectivity index (χ2n) is 5.26. The number of nitrogens with zero attached hydrogens (tertiary/aromatic N) is 1. The lowest BCUT2D eigenvalue weighted by Crippen LogP contribution is -2.21. The first kappa shape index (κ1) is 14.2. The predicted octanol–water partition coefficient (Wildman–Crippen LogP) is 2.67. The van der Waals surface area contributed by atoms with Crippen molar-refractivity contribution in [1.82, 2.24) is 4.98 Å². The highest BCUT2D eigenvalue weighted by molar-refractivity contribution is 7.80. The lowest BCUT2D eigenvalue weighted by atomic mass is 10.0. The molecule has 1 aliphatic heterocycles. The summed E-state index contributed by atoms with van der Waals surface area (Å²) < 4.78 is 11.2. The molecule has 110 valence electrons. The Labute approximate surface area is 129 Å². The van der Waals surface area contributed by atoms with E-state index in [4.69, 9.17) is 27.4 Å². The molecular weight excluding hydrogens is 284 g/mol. The molecule has 3 rings (SSSR count). The van der Waals surface area contributed by atoms with E-state index in [2.05, 4.69) is 4.98 Å². The van der Waals surface area contributed by atoms with E-state index in [1.807, 2.05) is 30.3 Å². The quantitative estimate of drug-likeness (QED) is 0.880. The molecule has 0 amide bonds. The molecule has 0 radical (unpaired) electrons. The van der Waals surface area contributed by atoms with Crippen molar-refractivity contribution >= 4 is 28.1 Å². The number of rotatable bonds is 4. The monoisotopic (exact) mass is 302 g/mol. The summed E-state index contributed by atoms with van der Waals surface area (Å²) in [7, 11) is 0. The second kappa shape index (κ2) is 6.37. The molecule has 2 heterocycles. The Hall–Kier alpha value is -1.72. The van der Waals surface area contributed by atoms with Gasteiger partial charge in [-0.15, -0.1) is 0 Å². The van der Waals surface area contributed by atoms with E-state index in [0.717, 1.165) is 42.5 Å². The van der Waals surface area contributed by atoms with E-state index < -0.39 is 0 Å². The van der Waals surface area contributed by atoms with Crippen LogP contribution in [0.5, 0.6) is 5.88 Å². The van der Waals surface area contributed by atoms with Crippen molar-refractivity contribution in [1.29, 1.82) is 0 Å². The van der Waals surface area contributed by atoms with E-state index >= 15 is 0 Å². The highest BCUT2D eigenvalue weighted by atomic mass is 32.1. The van der Waals surface area contributed by atoms with Gasteiger partial charge in [-0.3, -0.25) is 0 Å². The fourth-order valence-corrected chi connectivity index (χ4v) is 2.71. The SMILES string of the molecule is NC(=S)c1cc(OCC2CCOCC2)nc2ccccc12. The van der Waals surface area contributed by atoms with Crippen LogP contribution in [0.4, 0.5) is 0 Å². The maximum Gasteiger partial charge on any atom is 0.214 e. The first-order chi connectivity index (χ1) is 10.2.